The van der Waals surface area contributed by atoms with Crippen LogP contribution >= 0.6 is 0 Å². The molecule has 0 atom stereocenters. The molecule has 0 saturated carbocycles. The molecule has 0 spiro atoms. The molecule has 3 rings (SSSR count). The number of nitrogens with zero attached hydrogens (tertiary/aromatic N) is 6. The molecule has 2 saturated heterocycles. The monoisotopic (exact) mass is 450 g/mol. The van der Waals surface area contributed by atoms with Gasteiger partial charge >= 0.3 is 0 Å². The summed E-state index contributed by atoms with van der Waals surface area (Å²) in [6, 6.07) is 6.88. The van der Waals surface area contributed by atoms with Crippen LogP contribution in [0.2, 0.25) is 0 Å². The number of hydrogen-bond donors (Lipinski definition) is 0. The second-order valence-corrected chi connectivity index (χ2v) is 9.25. The number of hydrogen-bond acceptors (Lipinski definition) is 4. The Morgan fingerprint density at radius 1 is 0.848 bits per heavy atom. The van der Waals surface area contributed by atoms with Crippen LogP contribution in [0.4, 0.5) is 0 Å². The second kappa shape index (κ2) is 11.5. The van der Waals surface area contributed by atoms with Gasteiger partial charge in [0.2, 0.25) is 0 Å². The van der Waals surface area contributed by atoms with E-state index in [0.717, 1.165) is 82.7 Å². The summed E-state index contributed by atoms with van der Waals surface area (Å²) >= 11 is 0. The van der Waals surface area contributed by atoms with Crippen LogP contribution in [0.3, 0.4) is 0 Å². The van der Waals surface area contributed by atoms with E-state index in [9.17, 15) is 0 Å². The maximum absolute atomic E-state index is 4.57. The first-order chi connectivity index (χ1) is 15.8. The lowest BCUT2D eigenvalue weighted by Gasteiger charge is -2.38. The number of benzene rings is 1. The van der Waals surface area contributed by atoms with Gasteiger partial charge in [0.15, 0.2) is 0 Å². The van der Waals surface area contributed by atoms with E-state index < -0.39 is 0 Å². The molecule has 1 aromatic rings. The van der Waals surface area contributed by atoms with Crippen molar-refractivity contribution in [2.75, 3.05) is 58.9 Å². The van der Waals surface area contributed by atoms with Crippen molar-refractivity contribution >= 4 is 17.4 Å². The summed E-state index contributed by atoms with van der Waals surface area (Å²) in [6.07, 6.45) is 0. The molecule has 1 aromatic carbocycles. The highest BCUT2D eigenvalue weighted by Gasteiger charge is 2.21. The molecule has 0 bridgehead atoms. The highest BCUT2D eigenvalue weighted by molar-refractivity contribution is 5.81. The first-order valence-corrected chi connectivity index (χ1v) is 12.3. The van der Waals surface area contributed by atoms with E-state index >= 15 is 0 Å². The Kier molecular flexibility index (Phi) is 8.73. The zero-order valence-electron chi connectivity index (χ0n) is 21.4. The number of piperazine rings is 2. The SMILES string of the molecule is C=C(C)/N=C(\C)N1CCN(C(=C)c2cc(CN3CCN(/C(C)=N/CC)CC3)ccc2C)CC1. The second-order valence-electron chi connectivity index (χ2n) is 9.25. The van der Waals surface area contributed by atoms with Crippen molar-refractivity contribution in [2.45, 2.75) is 41.2 Å². The minimum atomic E-state index is 0.859. The van der Waals surface area contributed by atoms with Gasteiger partial charge in [0.1, 0.15) is 5.84 Å². The third-order valence-electron chi connectivity index (χ3n) is 6.71. The Hall–Kier alpha value is -2.60. The summed E-state index contributed by atoms with van der Waals surface area (Å²) < 4.78 is 0. The fraction of sp³-hybridized carbons (Fsp3) is 0.556. The third-order valence-corrected chi connectivity index (χ3v) is 6.71. The minimum absolute atomic E-state index is 0.859. The van der Waals surface area contributed by atoms with E-state index in [-0.39, 0.29) is 0 Å². The number of rotatable bonds is 6. The summed E-state index contributed by atoms with van der Waals surface area (Å²) in [6.45, 7) is 28.8. The molecule has 0 radical (unpaired) electrons. The Balaban J connectivity index is 1.59. The lowest BCUT2D eigenvalue weighted by Crippen LogP contribution is -2.47. The van der Waals surface area contributed by atoms with Crippen LogP contribution < -0.4 is 0 Å². The number of allylic oxidation sites excluding steroid dienone is 1. The molecule has 2 heterocycles. The van der Waals surface area contributed by atoms with Crippen molar-refractivity contribution in [3.05, 3.63) is 53.7 Å². The molecule has 0 unspecified atom stereocenters. The molecule has 0 amide bonds. The minimum Gasteiger partial charge on any atom is -0.368 e. The van der Waals surface area contributed by atoms with Crippen LogP contribution in [0.15, 0.2) is 47.0 Å². The molecule has 6 heteroatoms. The van der Waals surface area contributed by atoms with Gasteiger partial charge in [-0.3, -0.25) is 9.89 Å². The van der Waals surface area contributed by atoms with Crippen molar-refractivity contribution in [1.82, 2.24) is 19.6 Å². The van der Waals surface area contributed by atoms with Crippen molar-refractivity contribution in [2.24, 2.45) is 9.98 Å². The summed E-state index contributed by atoms with van der Waals surface area (Å²) in [5.41, 5.74) is 5.93. The number of amidine groups is 2. The van der Waals surface area contributed by atoms with E-state index in [1.165, 1.54) is 22.5 Å². The lowest BCUT2D eigenvalue weighted by molar-refractivity contribution is 0.175. The van der Waals surface area contributed by atoms with E-state index in [1.807, 2.05) is 6.92 Å². The number of aryl methyl sites for hydroxylation is 1. The van der Waals surface area contributed by atoms with Crippen LogP contribution in [0.1, 0.15) is 44.4 Å². The summed E-state index contributed by atoms with van der Waals surface area (Å²) in [7, 11) is 0. The van der Waals surface area contributed by atoms with E-state index in [4.69, 9.17) is 0 Å². The third kappa shape index (κ3) is 6.70. The van der Waals surface area contributed by atoms with Crippen LogP contribution in [-0.2, 0) is 6.54 Å². The summed E-state index contributed by atoms with van der Waals surface area (Å²) in [5.74, 6) is 2.23. The number of aliphatic imine (C=N–C) groups is 2. The van der Waals surface area contributed by atoms with Crippen LogP contribution in [0.25, 0.3) is 5.70 Å². The van der Waals surface area contributed by atoms with Gasteiger partial charge in [0.25, 0.3) is 0 Å². The Morgan fingerprint density at radius 3 is 2.03 bits per heavy atom. The molecule has 2 aliphatic rings. The van der Waals surface area contributed by atoms with Gasteiger partial charge in [-0.1, -0.05) is 25.3 Å². The average Bonchev–Trinajstić information content (AvgIpc) is 2.80. The molecule has 180 valence electrons. The van der Waals surface area contributed by atoms with Crippen molar-refractivity contribution in [3.63, 3.8) is 0 Å². The maximum Gasteiger partial charge on any atom is 0.101 e. The molecular formula is C27H42N6. The van der Waals surface area contributed by atoms with E-state index in [1.54, 1.807) is 0 Å². The molecule has 0 N–H and O–H groups in total. The molecule has 6 nitrogen and oxygen atoms in total. The Bertz CT molecular complexity index is 899. The Morgan fingerprint density at radius 2 is 1.42 bits per heavy atom. The average molecular weight is 451 g/mol. The zero-order chi connectivity index (χ0) is 24.0. The molecule has 2 aliphatic heterocycles. The predicted molar refractivity (Wildman–Crippen MR) is 142 cm³/mol. The van der Waals surface area contributed by atoms with Crippen molar-refractivity contribution in [1.29, 1.82) is 0 Å². The van der Waals surface area contributed by atoms with Gasteiger partial charge in [0, 0.05) is 82.4 Å². The van der Waals surface area contributed by atoms with Gasteiger partial charge in [-0.15, -0.1) is 0 Å². The van der Waals surface area contributed by atoms with Gasteiger partial charge in [-0.05, 0) is 51.8 Å². The molecule has 0 aromatic heterocycles. The van der Waals surface area contributed by atoms with E-state index in [0.29, 0.717) is 0 Å². The van der Waals surface area contributed by atoms with Crippen molar-refractivity contribution in [3.8, 4) is 0 Å². The largest absolute Gasteiger partial charge is 0.368 e. The van der Waals surface area contributed by atoms with Gasteiger partial charge < -0.3 is 14.7 Å². The Labute approximate surface area is 201 Å². The van der Waals surface area contributed by atoms with E-state index in [2.05, 4.69) is 88.6 Å². The fourth-order valence-corrected chi connectivity index (χ4v) is 4.71. The highest BCUT2D eigenvalue weighted by atomic mass is 15.3. The van der Waals surface area contributed by atoms with Gasteiger partial charge in [-0.2, -0.15) is 0 Å². The van der Waals surface area contributed by atoms with Gasteiger partial charge in [-0.25, -0.2) is 4.99 Å². The smallest absolute Gasteiger partial charge is 0.101 e. The normalized spacial score (nSPS) is 18.6. The maximum atomic E-state index is 4.57. The zero-order valence-corrected chi connectivity index (χ0v) is 21.4. The lowest BCUT2D eigenvalue weighted by atomic mass is 10.0. The molecule has 33 heavy (non-hydrogen) atoms. The quantitative estimate of drug-likeness (QED) is 0.483. The van der Waals surface area contributed by atoms with Gasteiger partial charge in [0.05, 0.1) is 5.84 Å². The summed E-state index contributed by atoms with van der Waals surface area (Å²) in [4.78, 5) is 18.8. The molecule has 2 fully saturated rings. The molecule has 0 aliphatic carbocycles. The topological polar surface area (TPSA) is 37.7 Å². The standard InChI is InChI=1S/C27H42N6/c1-8-28-24(6)32-13-11-30(12-14-32)20-26-10-9-22(4)27(19-26)23(5)31-15-17-33(18-16-31)25(7)29-21(2)3/h9-10,19H,2,5,8,11-18,20H2,1,3-4,6-7H3/b28-24+,29-25+. The predicted octanol–water partition coefficient (Wildman–Crippen LogP) is 4.09. The fourth-order valence-electron chi connectivity index (χ4n) is 4.71. The van der Waals surface area contributed by atoms with Crippen molar-refractivity contribution < 1.29 is 0 Å². The summed E-state index contributed by atoms with van der Waals surface area (Å²) in [5, 5.41) is 0. The van der Waals surface area contributed by atoms with Crippen LogP contribution in [0.5, 0.6) is 0 Å². The van der Waals surface area contributed by atoms with Crippen LogP contribution in [-0.4, -0.2) is 90.2 Å². The first kappa shape index (κ1) is 25.0. The first-order valence-electron chi connectivity index (χ1n) is 12.3. The molecular weight excluding hydrogens is 408 g/mol. The highest BCUT2D eigenvalue weighted by Crippen LogP contribution is 2.25. The van der Waals surface area contributed by atoms with Crippen LogP contribution in [0, 0.1) is 6.92 Å².